The van der Waals surface area contributed by atoms with Crippen LogP contribution in [0.5, 0.6) is 0 Å². The van der Waals surface area contributed by atoms with Crippen LogP contribution in [0.15, 0.2) is 53.7 Å². The predicted molar refractivity (Wildman–Crippen MR) is 77.2 cm³/mol. The molecule has 0 aliphatic heterocycles. The van der Waals surface area contributed by atoms with Crippen molar-refractivity contribution in [3.05, 3.63) is 48.7 Å². The summed E-state index contributed by atoms with van der Waals surface area (Å²) in [6.07, 6.45) is 1.69. The molecule has 0 spiro atoms. The summed E-state index contributed by atoms with van der Waals surface area (Å²) in [4.78, 5) is 8.63. The normalized spacial score (nSPS) is 10.9. The lowest BCUT2D eigenvalue weighted by molar-refractivity contribution is 0.771. The second kappa shape index (κ2) is 5.80. The second-order valence-corrected chi connectivity index (χ2v) is 3.95. The molecule has 1 aromatic carbocycles. The smallest absolute Gasteiger partial charge is 0.249 e. The molecule has 2 rings (SSSR count). The molecule has 0 aliphatic rings. The Morgan fingerprint density at radius 3 is 2.84 bits per heavy atom. The Morgan fingerprint density at radius 2 is 2.16 bits per heavy atom. The van der Waals surface area contributed by atoms with Crippen LogP contribution in [0.25, 0.3) is 0 Å². The van der Waals surface area contributed by atoms with Gasteiger partial charge in [0.15, 0.2) is 0 Å². The van der Waals surface area contributed by atoms with E-state index in [4.69, 9.17) is 0 Å². The van der Waals surface area contributed by atoms with Gasteiger partial charge in [-0.3, -0.25) is 0 Å². The fourth-order valence-corrected chi connectivity index (χ4v) is 1.51. The van der Waals surface area contributed by atoms with Gasteiger partial charge in [0.1, 0.15) is 0 Å². The van der Waals surface area contributed by atoms with Gasteiger partial charge in [0.2, 0.25) is 11.9 Å². The van der Waals surface area contributed by atoms with Crippen molar-refractivity contribution in [3.63, 3.8) is 0 Å². The molecule has 1 aromatic heterocycles. The van der Waals surface area contributed by atoms with E-state index < -0.39 is 0 Å². The summed E-state index contributed by atoms with van der Waals surface area (Å²) in [5.74, 6) is 1.05. The molecule has 0 unspecified atom stereocenters. The molecule has 0 fully saturated rings. The highest BCUT2D eigenvalue weighted by molar-refractivity contribution is 5.93. The van der Waals surface area contributed by atoms with E-state index in [1.54, 1.807) is 17.8 Å². The number of nitrogens with zero attached hydrogens (tertiary/aromatic N) is 4. The molecular weight excluding hydrogens is 238 g/mol. The van der Waals surface area contributed by atoms with Crippen molar-refractivity contribution in [3.8, 4) is 0 Å². The van der Waals surface area contributed by atoms with E-state index in [-0.39, 0.29) is 0 Å². The summed E-state index contributed by atoms with van der Waals surface area (Å²) < 4.78 is 1.62. The third-order valence-electron chi connectivity index (χ3n) is 2.36. The topological polar surface area (TPSA) is 55.1 Å². The molecule has 0 saturated carbocycles. The maximum Gasteiger partial charge on any atom is 0.249 e. The van der Waals surface area contributed by atoms with Crippen molar-refractivity contribution in [1.82, 2.24) is 14.8 Å². The number of anilines is 2. The van der Waals surface area contributed by atoms with Gasteiger partial charge in [-0.2, -0.15) is 4.98 Å². The first-order chi connectivity index (χ1) is 9.19. The van der Waals surface area contributed by atoms with Gasteiger partial charge in [0.25, 0.3) is 0 Å². The molecule has 5 nitrogen and oxygen atoms in total. The van der Waals surface area contributed by atoms with E-state index in [0.29, 0.717) is 11.9 Å². The van der Waals surface area contributed by atoms with Gasteiger partial charge < -0.3 is 5.32 Å². The number of benzene rings is 1. The Morgan fingerprint density at radius 1 is 1.42 bits per heavy atom. The number of hydrogen-bond donors (Lipinski definition) is 1. The van der Waals surface area contributed by atoms with Gasteiger partial charge >= 0.3 is 0 Å². The molecule has 0 aliphatic carbocycles. The van der Waals surface area contributed by atoms with Crippen molar-refractivity contribution < 1.29 is 0 Å². The molecule has 0 amide bonds. The lowest BCUT2D eigenvalue weighted by Crippen LogP contribution is -1.94. The molecule has 0 atom stereocenters. The van der Waals surface area contributed by atoms with Gasteiger partial charge in [-0.1, -0.05) is 24.8 Å². The van der Waals surface area contributed by atoms with E-state index in [1.165, 1.54) is 0 Å². The lowest BCUT2D eigenvalue weighted by Gasteiger charge is -1.98. The largest absolute Gasteiger partial charge is 0.323 e. The Hall–Kier alpha value is -2.65. The van der Waals surface area contributed by atoms with Crippen LogP contribution in [0.3, 0.4) is 0 Å². The van der Waals surface area contributed by atoms with E-state index in [0.717, 1.165) is 11.4 Å². The standard InChI is InChI=1S/C14H15N5/c1-4-8-11(2)15-14-17-13(18-19(14)3)16-12-9-6-5-7-10-12/h5-10H,1H2,2-3H3,(H,16,18)/b15-11+. The van der Waals surface area contributed by atoms with Crippen molar-refractivity contribution in [2.75, 3.05) is 5.32 Å². The highest BCUT2D eigenvalue weighted by atomic mass is 15.4. The van der Waals surface area contributed by atoms with Crippen LogP contribution in [-0.2, 0) is 7.05 Å². The van der Waals surface area contributed by atoms with E-state index >= 15 is 0 Å². The van der Waals surface area contributed by atoms with Gasteiger partial charge in [0, 0.05) is 24.5 Å². The first-order valence-electron chi connectivity index (χ1n) is 5.83. The Bertz CT molecular complexity index is 633. The van der Waals surface area contributed by atoms with E-state index in [9.17, 15) is 0 Å². The van der Waals surface area contributed by atoms with E-state index in [2.05, 4.69) is 32.7 Å². The monoisotopic (exact) mass is 253 g/mol. The van der Waals surface area contributed by atoms with Gasteiger partial charge in [-0.25, -0.2) is 9.67 Å². The Labute approximate surface area is 112 Å². The van der Waals surface area contributed by atoms with Crippen molar-refractivity contribution in [1.29, 1.82) is 0 Å². The second-order valence-electron chi connectivity index (χ2n) is 3.95. The summed E-state index contributed by atoms with van der Waals surface area (Å²) in [6, 6.07) is 9.75. The number of allylic oxidation sites excluding steroid dienone is 1. The fourth-order valence-electron chi connectivity index (χ4n) is 1.51. The maximum atomic E-state index is 4.32. The predicted octanol–water partition coefficient (Wildman–Crippen LogP) is 2.99. The molecule has 0 radical (unpaired) electrons. The maximum absolute atomic E-state index is 4.32. The number of aliphatic imine (C=N–C) groups is 1. The zero-order valence-electron chi connectivity index (χ0n) is 11.0. The number of hydrogen-bond acceptors (Lipinski definition) is 4. The van der Waals surface area contributed by atoms with E-state index in [1.807, 2.05) is 37.3 Å². The van der Waals surface area contributed by atoms with Gasteiger partial charge in [0.05, 0.1) is 0 Å². The van der Waals surface area contributed by atoms with Crippen LogP contribution >= 0.6 is 0 Å². The van der Waals surface area contributed by atoms with Crippen molar-refractivity contribution in [2.24, 2.45) is 12.0 Å². The summed E-state index contributed by atoms with van der Waals surface area (Å²) in [5.41, 5.74) is 4.39. The zero-order chi connectivity index (χ0) is 13.7. The number of rotatable bonds is 4. The molecule has 1 N–H and O–H groups in total. The molecule has 2 aromatic rings. The number of aryl methyl sites for hydroxylation is 1. The van der Waals surface area contributed by atoms with Crippen LogP contribution in [0.1, 0.15) is 6.92 Å². The van der Waals surface area contributed by atoms with Gasteiger partial charge in [-0.05, 0) is 19.1 Å². The highest BCUT2D eigenvalue weighted by Crippen LogP contribution is 2.16. The number of nitrogens with one attached hydrogen (secondary N) is 1. The number of aromatic nitrogens is 3. The molecule has 96 valence electrons. The first kappa shape index (κ1) is 12.8. The molecule has 5 heteroatoms. The SMILES string of the molecule is C=C=C/C(C)=N/c1nc(Nc2ccccc2)nn1C. The molecular formula is C14H15N5. The number of para-hydroxylation sites is 1. The third-order valence-corrected chi connectivity index (χ3v) is 2.36. The average molecular weight is 253 g/mol. The Balaban J connectivity index is 2.22. The molecule has 0 saturated heterocycles. The minimum atomic E-state index is 0.517. The van der Waals surface area contributed by atoms with Crippen LogP contribution in [0.2, 0.25) is 0 Å². The quantitative estimate of drug-likeness (QED) is 0.673. The summed E-state index contributed by atoms with van der Waals surface area (Å²) in [7, 11) is 1.80. The van der Waals surface area contributed by atoms with Crippen LogP contribution in [0, 0.1) is 0 Å². The highest BCUT2D eigenvalue weighted by Gasteiger charge is 2.06. The van der Waals surface area contributed by atoms with Crippen LogP contribution in [0.4, 0.5) is 17.6 Å². The minimum absolute atomic E-state index is 0.517. The minimum Gasteiger partial charge on any atom is -0.323 e. The van der Waals surface area contributed by atoms with Crippen molar-refractivity contribution >= 4 is 23.3 Å². The molecule has 0 bridgehead atoms. The van der Waals surface area contributed by atoms with Crippen LogP contribution < -0.4 is 5.32 Å². The van der Waals surface area contributed by atoms with Crippen LogP contribution in [-0.4, -0.2) is 20.5 Å². The summed E-state index contributed by atoms with van der Waals surface area (Å²) in [5, 5.41) is 7.38. The molecule has 1 heterocycles. The summed E-state index contributed by atoms with van der Waals surface area (Å²) in [6.45, 7) is 5.37. The average Bonchev–Trinajstić information content (AvgIpc) is 2.71. The van der Waals surface area contributed by atoms with Crippen molar-refractivity contribution in [2.45, 2.75) is 6.92 Å². The first-order valence-corrected chi connectivity index (χ1v) is 5.83. The molecule has 19 heavy (non-hydrogen) atoms. The summed E-state index contributed by atoms with van der Waals surface area (Å²) >= 11 is 0. The Kier molecular flexibility index (Phi) is 3.90. The fraction of sp³-hybridized carbons (Fsp3) is 0.143. The third kappa shape index (κ3) is 3.40. The van der Waals surface area contributed by atoms with Gasteiger partial charge in [-0.15, -0.1) is 10.8 Å². The lowest BCUT2D eigenvalue weighted by atomic mass is 10.3. The zero-order valence-corrected chi connectivity index (χ0v) is 11.0.